The predicted molar refractivity (Wildman–Crippen MR) is 58.6 cm³/mol. The van der Waals surface area contributed by atoms with Crippen LogP contribution in [-0.2, 0) is 10.0 Å². The number of hydrogen-bond acceptors (Lipinski definition) is 3. The van der Waals surface area contributed by atoms with Crippen molar-refractivity contribution in [3.8, 4) is 5.75 Å². The van der Waals surface area contributed by atoms with E-state index in [4.69, 9.17) is 5.11 Å². The van der Waals surface area contributed by atoms with Crippen LogP contribution < -0.4 is 4.72 Å². The van der Waals surface area contributed by atoms with E-state index in [0.717, 1.165) is 31.2 Å². The summed E-state index contributed by atoms with van der Waals surface area (Å²) in [6, 6.07) is 3.24. The second-order valence-corrected chi connectivity index (χ2v) is 5.55. The van der Waals surface area contributed by atoms with E-state index in [1.807, 2.05) is 4.72 Å². The van der Waals surface area contributed by atoms with Crippen LogP contribution in [0.3, 0.4) is 0 Å². The van der Waals surface area contributed by atoms with Crippen molar-refractivity contribution in [2.75, 3.05) is 0 Å². The third-order valence-corrected chi connectivity index (χ3v) is 3.65. The normalized spacial score (nSPS) is 14.4. The minimum atomic E-state index is -4.43. The maximum absolute atomic E-state index is 12.1. The number of hydrogen-bond donors (Lipinski definition) is 2. The van der Waals surface area contributed by atoms with Crippen LogP contribution in [0.1, 0.15) is 13.3 Å². The number of benzene rings is 1. The molecule has 0 amide bonds. The molecule has 102 valence electrons. The Morgan fingerprint density at radius 2 is 1.78 bits per heavy atom. The Bertz CT molecular complexity index is 496. The van der Waals surface area contributed by atoms with Gasteiger partial charge in [0, 0.05) is 6.04 Å². The van der Waals surface area contributed by atoms with Crippen LogP contribution in [0.15, 0.2) is 29.2 Å². The first-order chi connectivity index (χ1) is 8.10. The number of phenolic OH excluding ortho intramolecular Hbond substituents is 1. The molecule has 1 aromatic carbocycles. The average molecular weight is 283 g/mol. The summed E-state index contributed by atoms with van der Waals surface area (Å²) < 4.78 is 61.5. The molecule has 1 aromatic rings. The van der Waals surface area contributed by atoms with Crippen molar-refractivity contribution in [3.63, 3.8) is 0 Å². The first-order valence-electron chi connectivity index (χ1n) is 4.98. The molecule has 0 spiro atoms. The highest BCUT2D eigenvalue weighted by Crippen LogP contribution is 2.22. The van der Waals surface area contributed by atoms with Gasteiger partial charge in [0.25, 0.3) is 0 Å². The van der Waals surface area contributed by atoms with Gasteiger partial charge in [0.2, 0.25) is 10.0 Å². The van der Waals surface area contributed by atoms with Gasteiger partial charge in [-0.3, -0.25) is 0 Å². The van der Waals surface area contributed by atoms with Crippen LogP contribution in [0.4, 0.5) is 13.2 Å². The molecule has 0 aliphatic heterocycles. The van der Waals surface area contributed by atoms with Crippen LogP contribution in [-0.4, -0.2) is 25.7 Å². The number of phenols is 1. The van der Waals surface area contributed by atoms with Gasteiger partial charge in [-0.25, -0.2) is 13.1 Å². The lowest BCUT2D eigenvalue weighted by Crippen LogP contribution is -2.35. The largest absolute Gasteiger partial charge is 0.508 e. The number of nitrogens with one attached hydrogen (secondary N) is 1. The van der Waals surface area contributed by atoms with Crippen molar-refractivity contribution in [2.24, 2.45) is 0 Å². The Labute approximate surface area is 102 Å². The summed E-state index contributed by atoms with van der Waals surface area (Å²) in [7, 11) is -4.01. The van der Waals surface area contributed by atoms with Gasteiger partial charge in [0.05, 0.1) is 11.3 Å². The number of aromatic hydroxyl groups is 1. The summed E-state index contributed by atoms with van der Waals surface area (Å²) in [6.45, 7) is 1.13. The summed E-state index contributed by atoms with van der Waals surface area (Å²) >= 11 is 0. The SMILES string of the molecule is CC(CC(F)(F)F)NS(=O)(=O)c1ccc(O)cc1. The van der Waals surface area contributed by atoms with Gasteiger partial charge < -0.3 is 5.11 Å². The highest BCUT2D eigenvalue weighted by Gasteiger charge is 2.31. The molecule has 0 radical (unpaired) electrons. The fourth-order valence-electron chi connectivity index (χ4n) is 1.35. The standard InChI is InChI=1S/C10H12F3NO3S/c1-7(6-10(11,12)13)14-18(16,17)9-4-2-8(15)3-5-9/h2-5,7,14-15H,6H2,1H3. The van der Waals surface area contributed by atoms with E-state index in [2.05, 4.69) is 0 Å². The third kappa shape index (κ3) is 4.53. The van der Waals surface area contributed by atoms with Crippen LogP contribution in [0, 0.1) is 0 Å². The number of rotatable bonds is 4. The molecule has 4 nitrogen and oxygen atoms in total. The number of alkyl halides is 3. The zero-order chi connectivity index (χ0) is 14.0. The molecule has 0 saturated carbocycles. The van der Waals surface area contributed by atoms with Gasteiger partial charge in [-0.2, -0.15) is 13.2 Å². The molecular formula is C10H12F3NO3S. The molecule has 1 atom stereocenters. The van der Waals surface area contributed by atoms with Crippen molar-refractivity contribution in [3.05, 3.63) is 24.3 Å². The maximum Gasteiger partial charge on any atom is 0.390 e. The zero-order valence-corrected chi connectivity index (χ0v) is 10.2. The molecule has 1 rings (SSSR count). The summed E-state index contributed by atoms with van der Waals surface area (Å²) in [5.74, 6) is -0.128. The van der Waals surface area contributed by atoms with Gasteiger partial charge >= 0.3 is 6.18 Å². The van der Waals surface area contributed by atoms with E-state index in [-0.39, 0.29) is 10.6 Å². The zero-order valence-electron chi connectivity index (χ0n) is 9.40. The molecule has 0 aliphatic carbocycles. The molecule has 18 heavy (non-hydrogen) atoms. The maximum atomic E-state index is 12.1. The minimum absolute atomic E-state index is 0.128. The predicted octanol–water partition coefficient (Wildman–Crippen LogP) is 2.01. The molecule has 0 bridgehead atoms. The first kappa shape index (κ1) is 14.8. The van der Waals surface area contributed by atoms with Crippen molar-refractivity contribution < 1.29 is 26.7 Å². The molecule has 0 fully saturated rings. The summed E-state index contributed by atoms with van der Waals surface area (Å²) in [4.78, 5) is -0.200. The number of halogens is 3. The molecule has 2 N–H and O–H groups in total. The highest BCUT2D eigenvalue weighted by molar-refractivity contribution is 7.89. The average Bonchev–Trinajstić information content (AvgIpc) is 2.13. The third-order valence-electron chi connectivity index (χ3n) is 2.04. The molecule has 0 heterocycles. The molecule has 0 aromatic heterocycles. The van der Waals surface area contributed by atoms with Crippen molar-refractivity contribution in [1.29, 1.82) is 0 Å². The topological polar surface area (TPSA) is 66.4 Å². The van der Waals surface area contributed by atoms with Gasteiger partial charge in [-0.05, 0) is 31.2 Å². The second-order valence-electron chi connectivity index (χ2n) is 3.84. The van der Waals surface area contributed by atoms with Gasteiger partial charge in [0.1, 0.15) is 5.75 Å². The smallest absolute Gasteiger partial charge is 0.390 e. The molecule has 8 heteroatoms. The summed E-state index contributed by atoms with van der Waals surface area (Å²) in [5, 5.41) is 8.99. The Morgan fingerprint density at radius 1 is 1.28 bits per heavy atom. The van der Waals surface area contributed by atoms with Crippen molar-refractivity contribution in [1.82, 2.24) is 4.72 Å². The minimum Gasteiger partial charge on any atom is -0.508 e. The van der Waals surface area contributed by atoms with E-state index < -0.39 is 28.7 Å². The Balaban J connectivity index is 2.79. The van der Waals surface area contributed by atoms with Crippen molar-refractivity contribution in [2.45, 2.75) is 30.5 Å². The lowest BCUT2D eigenvalue weighted by molar-refractivity contribution is -0.137. The number of sulfonamides is 1. The lowest BCUT2D eigenvalue weighted by Gasteiger charge is -2.15. The van der Waals surface area contributed by atoms with Gasteiger partial charge in [-0.15, -0.1) is 0 Å². The van der Waals surface area contributed by atoms with Crippen LogP contribution in [0.25, 0.3) is 0 Å². The summed E-state index contributed by atoms with van der Waals surface area (Å²) in [5.41, 5.74) is 0. The Hall–Kier alpha value is -1.28. The molecule has 1 unspecified atom stereocenters. The van der Waals surface area contributed by atoms with Crippen molar-refractivity contribution >= 4 is 10.0 Å². The lowest BCUT2D eigenvalue weighted by atomic mass is 10.2. The van der Waals surface area contributed by atoms with Crippen LogP contribution >= 0.6 is 0 Å². The van der Waals surface area contributed by atoms with E-state index in [0.29, 0.717) is 0 Å². The van der Waals surface area contributed by atoms with E-state index in [9.17, 15) is 21.6 Å². The second kappa shape index (κ2) is 5.15. The Morgan fingerprint density at radius 3 is 2.22 bits per heavy atom. The Kier molecular flexibility index (Phi) is 4.23. The molecular weight excluding hydrogens is 271 g/mol. The fourth-order valence-corrected chi connectivity index (χ4v) is 2.59. The van der Waals surface area contributed by atoms with Gasteiger partial charge in [-0.1, -0.05) is 0 Å². The van der Waals surface area contributed by atoms with Gasteiger partial charge in [0.15, 0.2) is 0 Å². The van der Waals surface area contributed by atoms with E-state index in [1.165, 1.54) is 0 Å². The fraction of sp³-hybridized carbons (Fsp3) is 0.400. The summed E-state index contributed by atoms with van der Waals surface area (Å²) in [6.07, 6.45) is -5.68. The molecule has 0 saturated heterocycles. The monoisotopic (exact) mass is 283 g/mol. The van der Waals surface area contributed by atoms with Crippen LogP contribution in [0.5, 0.6) is 5.75 Å². The molecule has 0 aliphatic rings. The quantitative estimate of drug-likeness (QED) is 0.888. The highest BCUT2D eigenvalue weighted by atomic mass is 32.2. The van der Waals surface area contributed by atoms with Crippen LogP contribution in [0.2, 0.25) is 0 Å². The first-order valence-corrected chi connectivity index (χ1v) is 6.46. The van der Waals surface area contributed by atoms with E-state index in [1.54, 1.807) is 0 Å². The van der Waals surface area contributed by atoms with E-state index >= 15 is 0 Å².